The molecule has 5 heteroatoms. The highest BCUT2D eigenvalue weighted by Crippen LogP contribution is 2.23. The van der Waals surface area contributed by atoms with Crippen LogP contribution in [0, 0.1) is 6.92 Å². The number of benzene rings is 1. The van der Waals surface area contributed by atoms with Crippen molar-refractivity contribution in [1.29, 1.82) is 0 Å². The predicted molar refractivity (Wildman–Crippen MR) is 84.9 cm³/mol. The van der Waals surface area contributed by atoms with Gasteiger partial charge in [-0.1, -0.05) is 23.7 Å². The van der Waals surface area contributed by atoms with Gasteiger partial charge in [-0.3, -0.25) is 0 Å². The fraction of sp³-hybridized carbons (Fsp3) is 0.125. The summed E-state index contributed by atoms with van der Waals surface area (Å²) in [6.45, 7) is 2.71. The average Bonchev–Trinajstić information content (AvgIpc) is 3.02. The predicted octanol–water partition coefficient (Wildman–Crippen LogP) is 3.84. The summed E-state index contributed by atoms with van der Waals surface area (Å²) in [7, 11) is 0. The van der Waals surface area contributed by atoms with Gasteiger partial charge < -0.3 is 5.32 Å². The summed E-state index contributed by atoms with van der Waals surface area (Å²) in [6.07, 6.45) is 5.40. The van der Waals surface area contributed by atoms with Crippen molar-refractivity contribution in [1.82, 2.24) is 14.8 Å². The third-order valence-corrected chi connectivity index (χ3v) is 3.57. The smallest absolute Gasteiger partial charge is 0.152 e. The molecule has 0 atom stereocenters. The van der Waals surface area contributed by atoms with Gasteiger partial charge in [0.25, 0.3) is 0 Å². The molecule has 106 valence electrons. The van der Waals surface area contributed by atoms with Gasteiger partial charge in [0.05, 0.1) is 11.4 Å². The Labute approximate surface area is 128 Å². The van der Waals surface area contributed by atoms with E-state index in [0.717, 1.165) is 16.9 Å². The van der Waals surface area contributed by atoms with E-state index in [1.54, 1.807) is 12.4 Å². The number of hydrogen-bond donors (Lipinski definition) is 1. The average molecular weight is 299 g/mol. The maximum atomic E-state index is 6.10. The standard InChI is InChI=1S/C16H15ClN4/c1-12-7-9-18-16(17)15(12)19-11-13-3-5-14(6-4-13)21-10-2-8-20-21/h2-10,19H,11H2,1H3. The molecule has 4 nitrogen and oxygen atoms in total. The first kappa shape index (κ1) is 13.6. The first-order chi connectivity index (χ1) is 10.2. The summed E-state index contributed by atoms with van der Waals surface area (Å²) in [5.41, 5.74) is 4.18. The van der Waals surface area contributed by atoms with Gasteiger partial charge in [0.15, 0.2) is 5.15 Å². The third-order valence-electron chi connectivity index (χ3n) is 3.29. The van der Waals surface area contributed by atoms with Crippen LogP contribution in [0.2, 0.25) is 5.15 Å². The Morgan fingerprint density at radius 1 is 1.14 bits per heavy atom. The van der Waals surface area contributed by atoms with Crippen molar-refractivity contribution in [3.05, 3.63) is 71.3 Å². The van der Waals surface area contributed by atoms with Crippen molar-refractivity contribution in [2.24, 2.45) is 0 Å². The molecule has 3 aromatic rings. The Kier molecular flexibility index (Phi) is 3.88. The second-order valence-electron chi connectivity index (χ2n) is 4.76. The number of anilines is 1. The van der Waals surface area contributed by atoms with E-state index in [4.69, 9.17) is 11.6 Å². The van der Waals surface area contributed by atoms with E-state index < -0.39 is 0 Å². The van der Waals surface area contributed by atoms with Crippen LogP contribution < -0.4 is 5.32 Å². The summed E-state index contributed by atoms with van der Waals surface area (Å²) < 4.78 is 1.83. The molecule has 0 fully saturated rings. The summed E-state index contributed by atoms with van der Waals surface area (Å²) in [6, 6.07) is 12.1. The first-order valence-electron chi connectivity index (χ1n) is 6.68. The minimum Gasteiger partial charge on any atom is -0.378 e. The fourth-order valence-electron chi connectivity index (χ4n) is 2.12. The molecular weight excluding hydrogens is 284 g/mol. The van der Waals surface area contributed by atoms with Crippen molar-refractivity contribution in [2.45, 2.75) is 13.5 Å². The summed E-state index contributed by atoms with van der Waals surface area (Å²) in [5, 5.41) is 8.05. The van der Waals surface area contributed by atoms with Crippen LogP contribution in [0.3, 0.4) is 0 Å². The van der Waals surface area contributed by atoms with Gasteiger partial charge >= 0.3 is 0 Å². The summed E-state index contributed by atoms with van der Waals surface area (Å²) in [5.74, 6) is 0. The number of hydrogen-bond acceptors (Lipinski definition) is 3. The van der Waals surface area contributed by atoms with E-state index in [1.807, 2.05) is 42.1 Å². The lowest BCUT2D eigenvalue weighted by Gasteiger charge is -2.11. The van der Waals surface area contributed by atoms with Crippen LogP contribution in [0.5, 0.6) is 0 Å². The third kappa shape index (κ3) is 3.06. The number of aryl methyl sites for hydroxylation is 1. The molecule has 0 saturated heterocycles. The number of pyridine rings is 1. The molecule has 1 aromatic carbocycles. The van der Waals surface area contributed by atoms with Gasteiger partial charge in [0, 0.05) is 25.1 Å². The SMILES string of the molecule is Cc1ccnc(Cl)c1NCc1ccc(-n2cccn2)cc1. The molecule has 0 aliphatic rings. The number of nitrogens with one attached hydrogen (secondary N) is 1. The lowest BCUT2D eigenvalue weighted by atomic mass is 10.2. The molecule has 0 radical (unpaired) electrons. The second kappa shape index (κ2) is 5.97. The Balaban J connectivity index is 1.71. The van der Waals surface area contributed by atoms with Gasteiger partial charge in [-0.25, -0.2) is 9.67 Å². The zero-order valence-electron chi connectivity index (χ0n) is 11.6. The van der Waals surface area contributed by atoms with Crippen molar-refractivity contribution in [3.63, 3.8) is 0 Å². The van der Waals surface area contributed by atoms with Gasteiger partial charge in [-0.15, -0.1) is 0 Å². The lowest BCUT2D eigenvalue weighted by molar-refractivity contribution is 0.879. The van der Waals surface area contributed by atoms with Gasteiger partial charge in [-0.2, -0.15) is 5.10 Å². The van der Waals surface area contributed by atoms with Crippen molar-refractivity contribution >= 4 is 17.3 Å². The van der Waals surface area contributed by atoms with Gasteiger partial charge in [-0.05, 0) is 42.3 Å². The van der Waals surface area contributed by atoms with E-state index in [1.165, 1.54) is 5.56 Å². The highest BCUT2D eigenvalue weighted by atomic mass is 35.5. The molecule has 0 aliphatic carbocycles. The first-order valence-corrected chi connectivity index (χ1v) is 7.06. The van der Waals surface area contributed by atoms with E-state index in [0.29, 0.717) is 11.7 Å². The lowest BCUT2D eigenvalue weighted by Crippen LogP contribution is -2.03. The number of aromatic nitrogens is 3. The fourth-order valence-corrected chi connectivity index (χ4v) is 2.39. The van der Waals surface area contributed by atoms with E-state index >= 15 is 0 Å². The van der Waals surface area contributed by atoms with Crippen LogP contribution in [-0.2, 0) is 6.54 Å². The van der Waals surface area contributed by atoms with Gasteiger partial charge in [0.2, 0.25) is 0 Å². The largest absolute Gasteiger partial charge is 0.378 e. The Morgan fingerprint density at radius 2 is 1.95 bits per heavy atom. The zero-order chi connectivity index (χ0) is 14.7. The van der Waals surface area contributed by atoms with Crippen molar-refractivity contribution in [2.75, 3.05) is 5.32 Å². The molecule has 0 spiro atoms. The molecule has 2 heterocycles. The molecule has 3 rings (SSSR count). The van der Waals surface area contributed by atoms with Crippen LogP contribution in [0.25, 0.3) is 5.69 Å². The highest BCUT2D eigenvalue weighted by Gasteiger charge is 2.04. The maximum Gasteiger partial charge on any atom is 0.152 e. The van der Waals surface area contributed by atoms with E-state index in [2.05, 4.69) is 27.5 Å². The number of nitrogens with zero attached hydrogens (tertiary/aromatic N) is 3. The molecule has 0 saturated carbocycles. The molecule has 0 unspecified atom stereocenters. The molecule has 1 N–H and O–H groups in total. The monoisotopic (exact) mass is 298 g/mol. The van der Waals surface area contributed by atoms with Crippen LogP contribution in [0.1, 0.15) is 11.1 Å². The Morgan fingerprint density at radius 3 is 2.62 bits per heavy atom. The van der Waals surface area contributed by atoms with Gasteiger partial charge in [0.1, 0.15) is 0 Å². The van der Waals surface area contributed by atoms with Crippen LogP contribution in [0.4, 0.5) is 5.69 Å². The quantitative estimate of drug-likeness (QED) is 0.744. The normalized spacial score (nSPS) is 10.6. The van der Waals surface area contributed by atoms with E-state index in [-0.39, 0.29) is 0 Å². The Bertz CT molecular complexity index is 700. The Hall–Kier alpha value is -2.33. The van der Waals surface area contributed by atoms with E-state index in [9.17, 15) is 0 Å². The van der Waals surface area contributed by atoms with Crippen molar-refractivity contribution in [3.8, 4) is 5.69 Å². The molecule has 0 bridgehead atoms. The molecule has 21 heavy (non-hydrogen) atoms. The molecular formula is C16H15ClN4. The van der Waals surface area contributed by atoms with Crippen LogP contribution in [0.15, 0.2) is 55.0 Å². The zero-order valence-corrected chi connectivity index (χ0v) is 12.4. The van der Waals surface area contributed by atoms with Crippen LogP contribution >= 0.6 is 11.6 Å². The number of halogens is 1. The molecule has 2 aromatic heterocycles. The summed E-state index contributed by atoms with van der Waals surface area (Å²) in [4.78, 5) is 4.09. The highest BCUT2D eigenvalue weighted by molar-refractivity contribution is 6.32. The maximum absolute atomic E-state index is 6.10. The van der Waals surface area contributed by atoms with Crippen LogP contribution in [-0.4, -0.2) is 14.8 Å². The summed E-state index contributed by atoms with van der Waals surface area (Å²) >= 11 is 6.10. The number of rotatable bonds is 4. The second-order valence-corrected chi connectivity index (χ2v) is 5.12. The topological polar surface area (TPSA) is 42.7 Å². The minimum atomic E-state index is 0.503. The molecule has 0 aliphatic heterocycles. The molecule has 0 amide bonds. The van der Waals surface area contributed by atoms with Crippen molar-refractivity contribution < 1.29 is 0 Å². The minimum absolute atomic E-state index is 0.503.